The third-order valence-corrected chi connectivity index (χ3v) is 3.65. The van der Waals surface area contributed by atoms with Crippen LogP contribution >= 0.6 is 23.2 Å². The molecule has 4 nitrogen and oxygen atoms in total. The molecule has 0 radical (unpaired) electrons. The molecule has 3 aromatic rings. The fourth-order valence-corrected chi connectivity index (χ4v) is 2.27. The number of esters is 1. The fraction of sp³-hybridized carbons (Fsp3) is 0.0588. The molecule has 7 heteroatoms. The zero-order valence-corrected chi connectivity index (χ0v) is 13.6. The van der Waals surface area contributed by atoms with Gasteiger partial charge in [0, 0.05) is 15.6 Å². The van der Waals surface area contributed by atoms with Crippen molar-refractivity contribution < 1.29 is 18.3 Å². The maximum atomic E-state index is 13.6. The van der Waals surface area contributed by atoms with Crippen LogP contribution in [0.3, 0.4) is 0 Å². The Kier molecular flexibility index (Phi) is 4.83. The van der Waals surface area contributed by atoms with Crippen molar-refractivity contribution in [3.63, 3.8) is 0 Å². The molecule has 1 heterocycles. The summed E-state index contributed by atoms with van der Waals surface area (Å²) < 4.78 is 24.2. The number of nitrogens with zero attached hydrogens (tertiary/aromatic N) is 1. The number of ether oxygens (including phenoxy) is 1. The van der Waals surface area contributed by atoms with Gasteiger partial charge in [0.1, 0.15) is 5.82 Å². The van der Waals surface area contributed by atoms with Crippen LogP contribution in [0, 0.1) is 5.82 Å². The van der Waals surface area contributed by atoms with E-state index in [0.29, 0.717) is 10.8 Å². The second-order valence-electron chi connectivity index (χ2n) is 4.83. The van der Waals surface area contributed by atoms with Crippen molar-refractivity contribution in [2.45, 2.75) is 6.61 Å². The van der Waals surface area contributed by atoms with E-state index in [9.17, 15) is 9.18 Å². The molecular weight excluding hydrogens is 356 g/mol. The van der Waals surface area contributed by atoms with Gasteiger partial charge in [-0.25, -0.2) is 14.2 Å². The zero-order valence-electron chi connectivity index (χ0n) is 12.1. The number of carbonyl (C=O) groups excluding carboxylic acids is 1. The van der Waals surface area contributed by atoms with E-state index in [1.807, 2.05) is 0 Å². The Labute approximate surface area is 146 Å². The number of benzene rings is 2. The lowest BCUT2D eigenvalue weighted by Gasteiger charge is -2.04. The molecule has 0 saturated heterocycles. The van der Waals surface area contributed by atoms with E-state index in [1.165, 1.54) is 18.3 Å². The molecule has 24 heavy (non-hydrogen) atoms. The van der Waals surface area contributed by atoms with Crippen molar-refractivity contribution in [3.8, 4) is 11.3 Å². The minimum Gasteiger partial charge on any atom is -0.452 e. The lowest BCUT2D eigenvalue weighted by molar-refractivity contribution is 0.0433. The Bertz CT molecular complexity index is 878. The summed E-state index contributed by atoms with van der Waals surface area (Å²) >= 11 is 11.5. The van der Waals surface area contributed by atoms with Crippen molar-refractivity contribution in [2.75, 3.05) is 0 Å². The van der Waals surface area contributed by atoms with Crippen molar-refractivity contribution >= 4 is 29.2 Å². The van der Waals surface area contributed by atoms with Crippen LogP contribution in [0.2, 0.25) is 10.0 Å². The van der Waals surface area contributed by atoms with E-state index in [-0.39, 0.29) is 23.1 Å². The van der Waals surface area contributed by atoms with Gasteiger partial charge in [-0.2, -0.15) is 0 Å². The molecule has 0 unspecified atom stereocenters. The Morgan fingerprint density at radius 2 is 1.83 bits per heavy atom. The summed E-state index contributed by atoms with van der Waals surface area (Å²) in [7, 11) is 0. The predicted molar refractivity (Wildman–Crippen MR) is 87.5 cm³/mol. The highest BCUT2D eigenvalue weighted by molar-refractivity contribution is 6.30. The van der Waals surface area contributed by atoms with Crippen LogP contribution in [0.1, 0.15) is 16.2 Å². The SMILES string of the molecule is O=C(OCc1ncc(-c2ccc(Cl)cc2)o1)c1ccc(Cl)cc1F. The fourth-order valence-electron chi connectivity index (χ4n) is 1.98. The molecule has 0 fully saturated rings. The molecule has 0 saturated carbocycles. The van der Waals surface area contributed by atoms with Gasteiger partial charge in [-0.3, -0.25) is 0 Å². The number of carbonyl (C=O) groups is 1. The summed E-state index contributed by atoms with van der Waals surface area (Å²) in [6.07, 6.45) is 1.51. The first-order valence-corrected chi connectivity index (χ1v) is 7.61. The standard InChI is InChI=1S/C17H10Cl2FNO3/c18-11-3-1-10(2-4-11)15-8-21-16(24-15)9-23-17(22)13-6-5-12(19)7-14(13)20/h1-8H,9H2. The van der Waals surface area contributed by atoms with Crippen LogP contribution in [-0.2, 0) is 11.3 Å². The van der Waals surface area contributed by atoms with E-state index in [4.69, 9.17) is 32.4 Å². The van der Waals surface area contributed by atoms with Gasteiger partial charge < -0.3 is 9.15 Å². The number of rotatable bonds is 4. The first-order chi connectivity index (χ1) is 11.5. The largest absolute Gasteiger partial charge is 0.452 e. The summed E-state index contributed by atoms with van der Waals surface area (Å²) in [6, 6.07) is 10.7. The number of halogens is 3. The molecule has 0 aliphatic heterocycles. The topological polar surface area (TPSA) is 52.3 Å². The Hall–Kier alpha value is -2.37. The maximum Gasteiger partial charge on any atom is 0.341 e. The summed E-state index contributed by atoms with van der Waals surface area (Å²) in [5.74, 6) is -0.866. The number of aromatic nitrogens is 1. The predicted octanol–water partition coefficient (Wildman–Crippen LogP) is 5.14. The number of hydrogen-bond donors (Lipinski definition) is 0. The highest BCUT2D eigenvalue weighted by atomic mass is 35.5. The van der Waals surface area contributed by atoms with Gasteiger partial charge >= 0.3 is 5.97 Å². The van der Waals surface area contributed by atoms with Crippen molar-refractivity contribution in [3.05, 3.63) is 76.0 Å². The minimum atomic E-state index is -0.824. The van der Waals surface area contributed by atoms with Crippen molar-refractivity contribution in [1.82, 2.24) is 4.98 Å². The molecule has 0 atom stereocenters. The van der Waals surface area contributed by atoms with Crippen LogP contribution in [0.15, 0.2) is 53.1 Å². The first kappa shape index (κ1) is 16.5. The third kappa shape index (κ3) is 3.75. The molecule has 0 amide bonds. The highest BCUT2D eigenvalue weighted by Crippen LogP contribution is 2.23. The molecule has 1 aromatic heterocycles. The zero-order chi connectivity index (χ0) is 17.1. The van der Waals surface area contributed by atoms with Gasteiger partial charge in [0.25, 0.3) is 0 Å². The minimum absolute atomic E-state index is 0.197. The normalized spacial score (nSPS) is 10.6. The van der Waals surface area contributed by atoms with E-state index in [0.717, 1.165) is 11.6 Å². The molecule has 2 aromatic carbocycles. The van der Waals surface area contributed by atoms with Gasteiger partial charge in [0.15, 0.2) is 12.4 Å². The van der Waals surface area contributed by atoms with Gasteiger partial charge in [-0.1, -0.05) is 23.2 Å². The van der Waals surface area contributed by atoms with Crippen LogP contribution in [0.4, 0.5) is 4.39 Å². The molecule has 0 bridgehead atoms. The van der Waals surface area contributed by atoms with Crippen molar-refractivity contribution in [1.29, 1.82) is 0 Å². The molecule has 122 valence electrons. The molecule has 0 spiro atoms. The third-order valence-electron chi connectivity index (χ3n) is 3.16. The van der Waals surface area contributed by atoms with Gasteiger partial charge in [0.2, 0.25) is 5.89 Å². The average Bonchev–Trinajstić information content (AvgIpc) is 3.02. The van der Waals surface area contributed by atoms with Gasteiger partial charge in [0.05, 0.1) is 11.8 Å². The summed E-state index contributed by atoms with van der Waals surface area (Å²) in [5, 5.41) is 0.807. The van der Waals surface area contributed by atoms with E-state index in [2.05, 4.69) is 4.98 Å². The monoisotopic (exact) mass is 365 g/mol. The van der Waals surface area contributed by atoms with E-state index >= 15 is 0 Å². The Morgan fingerprint density at radius 3 is 2.54 bits per heavy atom. The lowest BCUT2D eigenvalue weighted by atomic mass is 10.2. The van der Waals surface area contributed by atoms with E-state index < -0.39 is 11.8 Å². The summed E-state index contributed by atoms with van der Waals surface area (Å²) in [4.78, 5) is 15.9. The summed E-state index contributed by atoms with van der Waals surface area (Å²) in [6.45, 7) is -0.214. The van der Waals surface area contributed by atoms with Crippen LogP contribution < -0.4 is 0 Å². The Morgan fingerprint density at radius 1 is 1.12 bits per heavy atom. The average molecular weight is 366 g/mol. The van der Waals surface area contributed by atoms with Crippen LogP contribution in [0.5, 0.6) is 0 Å². The molecule has 0 aliphatic rings. The van der Waals surface area contributed by atoms with Gasteiger partial charge in [-0.15, -0.1) is 0 Å². The quantitative estimate of drug-likeness (QED) is 0.600. The van der Waals surface area contributed by atoms with Gasteiger partial charge in [-0.05, 0) is 42.5 Å². The second kappa shape index (κ2) is 7.03. The van der Waals surface area contributed by atoms with E-state index in [1.54, 1.807) is 24.3 Å². The van der Waals surface area contributed by atoms with Crippen LogP contribution in [-0.4, -0.2) is 11.0 Å². The molecular formula is C17H10Cl2FNO3. The number of oxazole rings is 1. The number of hydrogen-bond acceptors (Lipinski definition) is 4. The highest BCUT2D eigenvalue weighted by Gasteiger charge is 2.15. The maximum absolute atomic E-state index is 13.6. The first-order valence-electron chi connectivity index (χ1n) is 6.86. The molecule has 0 aliphatic carbocycles. The van der Waals surface area contributed by atoms with Crippen LogP contribution in [0.25, 0.3) is 11.3 Å². The summed E-state index contributed by atoms with van der Waals surface area (Å²) in [5.41, 5.74) is 0.581. The second-order valence-corrected chi connectivity index (χ2v) is 5.70. The Balaban J connectivity index is 1.67. The van der Waals surface area contributed by atoms with Crippen molar-refractivity contribution in [2.24, 2.45) is 0 Å². The molecule has 3 rings (SSSR count). The smallest absolute Gasteiger partial charge is 0.341 e. The lowest BCUT2D eigenvalue weighted by Crippen LogP contribution is -2.07. The molecule has 0 N–H and O–H groups in total.